The summed E-state index contributed by atoms with van der Waals surface area (Å²) in [5.74, 6) is -1.18. The van der Waals surface area contributed by atoms with Crippen LogP contribution in [-0.2, 0) is 25.7 Å². The van der Waals surface area contributed by atoms with Crippen molar-refractivity contribution in [1.29, 1.82) is 0 Å². The first-order valence-corrected chi connectivity index (χ1v) is 7.56. The summed E-state index contributed by atoms with van der Waals surface area (Å²) in [6, 6.07) is 6.99. The maximum atomic E-state index is 12.0. The quantitative estimate of drug-likeness (QED) is 0.789. The summed E-state index contributed by atoms with van der Waals surface area (Å²) >= 11 is 0. The van der Waals surface area contributed by atoms with Gasteiger partial charge in [-0.1, -0.05) is 24.8 Å². The van der Waals surface area contributed by atoms with Gasteiger partial charge in [-0.25, -0.2) is 0 Å². The van der Waals surface area contributed by atoms with Crippen molar-refractivity contribution < 1.29 is 19.2 Å². The van der Waals surface area contributed by atoms with Crippen LogP contribution in [0.4, 0.5) is 0 Å². The first-order chi connectivity index (χ1) is 11.4. The Hall–Kier alpha value is -3.02. The van der Waals surface area contributed by atoms with E-state index in [1.165, 1.54) is 6.08 Å². The maximum Gasteiger partial charge on any atom is 0.256 e. The summed E-state index contributed by atoms with van der Waals surface area (Å²) in [6.07, 6.45) is 1.70. The molecule has 1 saturated heterocycles. The van der Waals surface area contributed by atoms with E-state index in [-0.39, 0.29) is 43.0 Å². The number of amides is 4. The van der Waals surface area contributed by atoms with E-state index < -0.39 is 0 Å². The van der Waals surface area contributed by atoms with Gasteiger partial charge >= 0.3 is 0 Å². The average molecular weight is 324 g/mol. The molecule has 0 unspecified atom stereocenters. The molecule has 2 heterocycles. The molecule has 6 nitrogen and oxygen atoms in total. The molecule has 3 rings (SSSR count). The van der Waals surface area contributed by atoms with Crippen molar-refractivity contribution in [3.63, 3.8) is 0 Å². The second kappa shape index (κ2) is 5.88. The lowest BCUT2D eigenvalue weighted by atomic mass is 10.1. The lowest BCUT2D eigenvalue weighted by Crippen LogP contribution is -2.30. The van der Waals surface area contributed by atoms with Crippen LogP contribution in [0.2, 0.25) is 0 Å². The number of nitrogens with zero attached hydrogens (tertiary/aromatic N) is 2. The summed E-state index contributed by atoms with van der Waals surface area (Å²) in [6.45, 7) is 5.58. The van der Waals surface area contributed by atoms with Crippen LogP contribution >= 0.6 is 0 Å². The zero-order chi connectivity index (χ0) is 17.4. The van der Waals surface area contributed by atoms with Crippen molar-refractivity contribution in [3.05, 3.63) is 53.6 Å². The van der Waals surface area contributed by atoms with E-state index in [4.69, 9.17) is 0 Å². The molecule has 0 atom stereocenters. The fourth-order valence-electron chi connectivity index (χ4n) is 2.83. The highest BCUT2D eigenvalue weighted by Gasteiger charge is 2.32. The van der Waals surface area contributed by atoms with Gasteiger partial charge in [0.25, 0.3) is 11.8 Å². The molecular weight excluding hydrogens is 308 g/mol. The van der Waals surface area contributed by atoms with Gasteiger partial charge in [-0.05, 0) is 24.1 Å². The molecule has 0 aliphatic carbocycles. The van der Waals surface area contributed by atoms with Crippen LogP contribution < -0.4 is 0 Å². The molecule has 4 amide bonds. The monoisotopic (exact) mass is 324 g/mol. The number of hydrogen-bond acceptors (Lipinski definition) is 4. The molecule has 1 aromatic carbocycles. The van der Waals surface area contributed by atoms with E-state index in [1.807, 2.05) is 0 Å². The highest BCUT2D eigenvalue weighted by atomic mass is 16.2. The standard InChI is InChI=1S/C18H16N2O4/c1-11-8-17(23)19(18(11)24)10-13-4-3-5-14(9-13)12(2)20-15(21)6-7-16(20)22/h3-5,8-9H,2,6-7,10H2,1H3. The predicted octanol–water partition coefficient (Wildman–Crippen LogP) is 1.62. The lowest BCUT2D eigenvalue weighted by Gasteiger charge is -2.19. The fraction of sp³-hybridized carbons (Fsp3) is 0.222. The van der Waals surface area contributed by atoms with Crippen molar-refractivity contribution in [2.75, 3.05) is 0 Å². The Bertz CT molecular complexity index is 806. The molecule has 0 N–H and O–H groups in total. The molecule has 0 spiro atoms. The Balaban J connectivity index is 1.81. The van der Waals surface area contributed by atoms with Crippen LogP contribution in [0, 0.1) is 0 Å². The number of carbonyl (C=O) groups excluding carboxylic acids is 4. The van der Waals surface area contributed by atoms with Crippen molar-refractivity contribution in [1.82, 2.24) is 9.80 Å². The Kier molecular flexibility index (Phi) is 3.89. The third kappa shape index (κ3) is 2.67. The summed E-state index contributed by atoms with van der Waals surface area (Å²) < 4.78 is 0. The van der Waals surface area contributed by atoms with Crippen molar-refractivity contribution in [3.8, 4) is 0 Å². The number of benzene rings is 1. The molecule has 0 saturated carbocycles. The molecule has 24 heavy (non-hydrogen) atoms. The van der Waals surface area contributed by atoms with Crippen molar-refractivity contribution in [2.24, 2.45) is 0 Å². The average Bonchev–Trinajstić information content (AvgIpc) is 3.00. The van der Waals surface area contributed by atoms with Crippen LogP contribution in [0.3, 0.4) is 0 Å². The molecule has 122 valence electrons. The highest BCUT2D eigenvalue weighted by Crippen LogP contribution is 2.26. The molecule has 1 fully saturated rings. The minimum Gasteiger partial charge on any atom is -0.274 e. The van der Waals surface area contributed by atoms with E-state index in [9.17, 15) is 19.2 Å². The molecular formula is C18H16N2O4. The summed E-state index contributed by atoms with van der Waals surface area (Å²) in [5, 5.41) is 0. The normalized spacial score (nSPS) is 17.8. The van der Waals surface area contributed by atoms with E-state index >= 15 is 0 Å². The Morgan fingerprint density at radius 1 is 1.12 bits per heavy atom. The molecule has 0 aromatic heterocycles. The first kappa shape index (κ1) is 15.9. The van der Waals surface area contributed by atoms with Gasteiger partial charge in [0.1, 0.15) is 0 Å². The Morgan fingerprint density at radius 3 is 2.38 bits per heavy atom. The van der Waals surface area contributed by atoms with Gasteiger partial charge in [-0.15, -0.1) is 0 Å². The number of rotatable bonds is 4. The third-order valence-corrected chi connectivity index (χ3v) is 4.11. The Morgan fingerprint density at radius 2 is 1.79 bits per heavy atom. The Labute approximate surface area is 139 Å². The number of imide groups is 2. The van der Waals surface area contributed by atoms with Crippen LogP contribution in [0.15, 0.2) is 42.5 Å². The predicted molar refractivity (Wildman–Crippen MR) is 85.9 cm³/mol. The van der Waals surface area contributed by atoms with Crippen LogP contribution in [-0.4, -0.2) is 33.4 Å². The van der Waals surface area contributed by atoms with Gasteiger partial charge < -0.3 is 0 Å². The van der Waals surface area contributed by atoms with E-state index in [0.717, 1.165) is 15.4 Å². The SMILES string of the molecule is C=C(c1cccc(CN2C(=O)C=C(C)C2=O)c1)N1C(=O)CCC1=O. The van der Waals surface area contributed by atoms with Crippen molar-refractivity contribution in [2.45, 2.75) is 26.3 Å². The van der Waals surface area contributed by atoms with E-state index in [1.54, 1.807) is 31.2 Å². The van der Waals surface area contributed by atoms with Crippen molar-refractivity contribution >= 4 is 29.3 Å². The molecule has 2 aliphatic heterocycles. The van der Waals surface area contributed by atoms with Gasteiger partial charge in [0.05, 0.1) is 12.2 Å². The summed E-state index contributed by atoms with van der Waals surface area (Å²) in [4.78, 5) is 49.7. The number of hydrogen-bond donors (Lipinski definition) is 0. The van der Waals surface area contributed by atoms with Crippen LogP contribution in [0.1, 0.15) is 30.9 Å². The van der Waals surface area contributed by atoms with Gasteiger partial charge in [0.15, 0.2) is 0 Å². The van der Waals surface area contributed by atoms with E-state index in [2.05, 4.69) is 6.58 Å². The summed E-state index contributed by atoms with van der Waals surface area (Å²) in [7, 11) is 0. The fourth-order valence-corrected chi connectivity index (χ4v) is 2.83. The zero-order valence-corrected chi connectivity index (χ0v) is 13.2. The highest BCUT2D eigenvalue weighted by molar-refractivity contribution is 6.15. The number of carbonyl (C=O) groups is 4. The summed E-state index contributed by atoms with van der Waals surface area (Å²) in [5.41, 5.74) is 2.06. The van der Waals surface area contributed by atoms with Crippen LogP contribution in [0.5, 0.6) is 0 Å². The number of likely N-dealkylation sites (tertiary alicyclic amines) is 1. The van der Waals surface area contributed by atoms with Gasteiger partial charge in [-0.3, -0.25) is 29.0 Å². The molecule has 0 bridgehead atoms. The zero-order valence-electron chi connectivity index (χ0n) is 13.2. The second-order valence-electron chi connectivity index (χ2n) is 5.83. The topological polar surface area (TPSA) is 74.8 Å². The lowest BCUT2D eigenvalue weighted by molar-refractivity contribution is -0.138. The van der Waals surface area contributed by atoms with Gasteiger partial charge in [-0.2, -0.15) is 0 Å². The first-order valence-electron chi connectivity index (χ1n) is 7.56. The van der Waals surface area contributed by atoms with Gasteiger partial charge in [0, 0.05) is 24.5 Å². The second-order valence-corrected chi connectivity index (χ2v) is 5.83. The van der Waals surface area contributed by atoms with Gasteiger partial charge in [0.2, 0.25) is 11.8 Å². The maximum absolute atomic E-state index is 12.0. The molecule has 0 radical (unpaired) electrons. The molecule has 6 heteroatoms. The molecule has 2 aliphatic rings. The van der Waals surface area contributed by atoms with Crippen LogP contribution in [0.25, 0.3) is 5.70 Å². The third-order valence-electron chi connectivity index (χ3n) is 4.11. The largest absolute Gasteiger partial charge is 0.274 e. The van der Waals surface area contributed by atoms with E-state index in [0.29, 0.717) is 16.8 Å². The minimum atomic E-state index is -0.341. The molecule has 1 aromatic rings. The smallest absolute Gasteiger partial charge is 0.256 e. The minimum absolute atomic E-state index is 0.133.